The van der Waals surface area contributed by atoms with Crippen molar-refractivity contribution in [2.75, 3.05) is 16.8 Å². The predicted octanol–water partition coefficient (Wildman–Crippen LogP) is 2.00. The molecule has 3 aromatic rings. The Hall–Kier alpha value is -4.89. The van der Waals surface area contributed by atoms with Crippen molar-refractivity contribution in [2.45, 2.75) is 39.4 Å². The minimum absolute atomic E-state index is 0.0712. The van der Waals surface area contributed by atoms with Gasteiger partial charge in [0.15, 0.2) is 11.2 Å². The zero-order chi connectivity index (χ0) is 29.6. The van der Waals surface area contributed by atoms with Crippen LogP contribution >= 0.6 is 0 Å². The summed E-state index contributed by atoms with van der Waals surface area (Å²) in [6.07, 6.45) is -4.18. The lowest BCUT2D eigenvalue weighted by Crippen LogP contribution is -2.41. The molecule has 2 aromatic heterocycles. The summed E-state index contributed by atoms with van der Waals surface area (Å²) in [5.74, 6) is -4.84. The Bertz CT molecular complexity index is 1490. The predicted molar refractivity (Wildman–Crippen MR) is 134 cm³/mol. The molecule has 0 aliphatic rings. The smallest absolute Gasteiger partial charge is 0.471 e. The number of nitrogens with one attached hydrogen (secondary N) is 3. The van der Waals surface area contributed by atoms with Crippen LogP contribution in [0.3, 0.4) is 0 Å². The Morgan fingerprint density at radius 2 is 1.77 bits per heavy atom. The average Bonchev–Trinajstić information content (AvgIpc) is 2.89. The van der Waals surface area contributed by atoms with Crippen molar-refractivity contribution in [3.8, 4) is 0 Å². The molecule has 0 fully saturated rings. The summed E-state index contributed by atoms with van der Waals surface area (Å²) in [6, 6.07) is 4.66. The van der Waals surface area contributed by atoms with Crippen LogP contribution < -0.4 is 21.1 Å². The number of amides is 3. The number of H-pyrrole nitrogens is 1. The molecule has 1 aromatic carbocycles. The fraction of sp³-hybridized carbons (Fsp3) is 0.333. The second kappa shape index (κ2) is 12.3. The number of aliphatic carboxylic acids is 1. The van der Waals surface area contributed by atoms with E-state index in [0.717, 1.165) is 18.3 Å². The number of carboxylic acid groups (broad SMARTS) is 1. The van der Waals surface area contributed by atoms with Crippen LogP contribution in [0.1, 0.15) is 42.7 Å². The molecule has 3 rings (SSSR count). The summed E-state index contributed by atoms with van der Waals surface area (Å²) in [6.45, 7) is 2.60. The van der Waals surface area contributed by atoms with Gasteiger partial charge in [-0.15, -0.1) is 0 Å². The Morgan fingerprint density at radius 3 is 2.38 bits per heavy atom. The highest BCUT2D eigenvalue weighted by Gasteiger charge is 2.43. The van der Waals surface area contributed by atoms with Crippen LogP contribution in [0.5, 0.6) is 0 Å². The van der Waals surface area contributed by atoms with E-state index in [1.165, 1.54) is 12.1 Å². The molecule has 0 bridgehead atoms. The number of hydrogen-bond acceptors (Lipinski definition) is 8. The summed E-state index contributed by atoms with van der Waals surface area (Å²) >= 11 is 0. The number of fused-ring (bicyclic) bond motifs is 1. The van der Waals surface area contributed by atoms with E-state index in [-0.39, 0.29) is 53.4 Å². The largest absolute Gasteiger partial charge is 0.481 e. The highest BCUT2D eigenvalue weighted by molar-refractivity contribution is 5.98. The van der Waals surface area contributed by atoms with Gasteiger partial charge in [0.2, 0.25) is 11.9 Å². The fourth-order valence-electron chi connectivity index (χ4n) is 3.28. The van der Waals surface area contributed by atoms with E-state index in [1.807, 2.05) is 0 Å². The third kappa shape index (κ3) is 7.58. The minimum atomic E-state index is -5.26. The SMILES string of the molecule is CC(C)C(=O)Nc1nc2ncc(CN(C(=O)C(F)(F)F)c3ccc(C(=O)NCCCC(=O)O)cc3)nc2c(=O)[nH]1. The first kappa shape index (κ1) is 29.7. The lowest BCUT2D eigenvalue weighted by molar-refractivity contribution is -0.170. The number of aromatic nitrogens is 4. The third-order valence-electron chi connectivity index (χ3n) is 5.34. The van der Waals surface area contributed by atoms with E-state index in [4.69, 9.17) is 5.11 Å². The first-order chi connectivity index (χ1) is 18.8. The second-order valence-electron chi connectivity index (χ2n) is 8.78. The number of hydrogen-bond donors (Lipinski definition) is 4. The summed E-state index contributed by atoms with van der Waals surface area (Å²) in [7, 11) is 0. The maximum Gasteiger partial charge on any atom is 0.471 e. The van der Waals surface area contributed by atoms with Gasteiger partial charge in [0.05, 0.1) is 18.4 Å². The standard InChI is InChI=1S/C24H24F3N7O6/c1-12(2)19(37)32-23-31-18-17(21(39)33-23)30-14(10-29-18)11-34(22(40)24(25,26)27)15-7-5-13(6-8-15)20(38)28-9-3-4-16(35)36/h5-8,10,12H,3-4,9,11H2,1-2H3,(H,28,38)(H,35,36)(H2,29,31,32,33,37,39). The highest BCUT2D eigenvalue weighted by Crippen LogP contribution is 2.26. The van der Waals surface area contributed by atoms with Crippen LogP contribution in [-0.2, 0) is 20.9 Å². The van der Waals surface area contributed by atoms with Crippen LogP contribution in [0, 0.1) is 5.92 Å². The van der Waals surface area contributed by atoms with Gasteiger partial charge in [-0.25, -0.2) is 9.97 Å². The van der Waals surface area contributed by atoms with Crippen molar-refractivity contribution in [1.82, 2.24) is 25.3 Å². The number of nitrogens with zero attached hydrogens (tertiary/aromatic N) is 4. The molecule has 0 unspecified atom stereocenters. The molecule has 0 aliphatic carbocycles. The Labute approximate surface area is 223 Å². The molecule has 0 saturated heterocycles. The van der Waals surface area contributed by atoms with Gasteiger partial charge in [0.1, 0.15) is 0 Å². The fourth-order valence-corrected chi connectivity index (χ4v) is 3.28. The highest BCUT2D eigenvalue weighted by atomic mass is 19.4. The number of benzene rings is 1. The molecule has 2 heterocycles. The average molecular weight is 563 g/mol. The number of carbonyl (C=O) groups excluding carboxylic acids is 3. The van der Waals surface area contributed by atoms with Crippen molar-refractivity contribution < 1.29 is 37.5 Å². The number of halogens is 3. The lowest BCUT2D eigenvalue weighted by atomic mass is 10.1. The summed E-state index contributed by atoms with van der Waals surface area (Å²) in [4.78, 5) is 74.0. The van der Waals surface area contributed by atoms with Crippen LogP contribution in [0.15, 0.2) is 35.3 Å². The van der Waals surface area contributed by atoms with Crippen LogP contribution in [0.4, 0.5) is 24.8 Å². The molecule has 0 aliphatic heterocycles. The summed E-state index contributed by atoms with van der Waals surface area (Å²) < 4.78 is 40.2. The number of carbonyl (C=O) groups is 4. The van der Waals surface area contributed by atoms with Gasteiger partial charge in [-0.1, -0.05) is 13.8 Å². The van der Waals surface area contributed by atoms with Gasteiger partial charge in [-0.3, -0.25) is 39.2 Å². The third-order valence-corrected chi connectivity index (χ3v) is 5.34. The summed E-state index contributed by atoms with van der Waals surface area (Å²) in [5, 5.41) is 13.5. The van der Waals surface area contributed by atoms with Gasteiger partial charge in [-0.05, 0) is 30.7 Å². The van der Waals surface area contributed by atoms with Crippen molar-refractivity contribution in [3.63, 3.8) is 0 Å². The molecule has 0 saturated carbocycles. The molecule has 212 valence electrons. The molecule has 0 radical (unpaired) electrons. The van der Waals surface area contributed by atoms with E-state index in [9.17, 15) is 37.1 Å². The van der Waals surface area contributed by atoms with E-state index >= 15 is 0 Å². The van der Waals surface area contributed by atoms with Crippen molar-refractivity contribution in [2.24, 2.45) is 5.92 Å². The zero-order valence-corrected chi connectivity index (χ0v) is 21.2. The molecule has 3 amide bonds. The van der Waals surface area contributed by atoms with Crippen LogP contribution in [-0.4, -0.2) is 61.5 Å². The van der Waals surface area contributed by atoms with Gasteiger partial charge in [0, 0.05) is 30.1 Å². The molecule has 0 atom stereocenters. The van der Waals surface area contributed by atoms with E-state index in [1.54, 1.807) is 13.8 Å². The van der Waals surface area contributed by atoms with Crippen molar-refractivity contribution >= 4 is 46.5 Å². The van der Waals surface area contributed by atoms with Crippen LogP contribution in [0.25, 0.3) is 11.2 Å². The van der Waals surface area contributed by atoms with Gasteiger partial charge in [0.25, 0.3) is 11.5 Å². The van der Waals surface area contributed by atoms with Crippen molar-refractivity contribution in [3.05, 3.63) is 52.1 Å². The number of aromatic amines is 1. The second-order valence-corrected chi connectivity index (χ2v) is 8.78. The monoisotopic (exact) mass is 563 g/mol. The molecule has 16 heteroatoms. The topological polar surface area (TPSA) is 187 Å². The first-order valence-corrected chi connectivity index (χ1v) is 11.8. The number of anilines is 2. The Balaban J connectivity index is 1.85. The number of rotatable bonds is 10. The van der Waals surface area contributed by atoms with Crippen molar-refractivity contribution in [1.29, 1.82) is 0 Å². The number of carboxylic acids is 1. The quantitative estimate of drug-likeness (QED) is 0.268. The minimum Gasteiger partial charge on any atom is -0.481 e. The zero-order valence-electron chi connectivity index (χ0n) is 21.2. The molecular weight excluding hydrogens is 539 g/mol. The normalized spacial score (nSPS) is 11.3. The van der Waals surface area contributed by atoms with Gasteiger partial charge >= 0.3 is 18.1 Å². The molecule has 4 N–H and O–H groups in total. The van der Waals surface area contributed by atoms with E-state index in [2.05, 4.69) is 30.6 Å². The van der Waals surface area contributed by atoms with E-state index < -0.39 is 47.9 Å². The maximum absolute atomic E-state index is 13.4. The van der Waals surface area contributed by atoms with Gasteiger partial charge in [-0.2, -0.15) is 18.2 Å². The molecule has 0 spiro atoms. The Kier molecular flexibility index (Phi) is 9.13. The summed E-state index contributed by atoms with van der Waals surface area (Å²) in [5.41, 5.74) is -1.64. The van der Waals surface area contributed by atoms with Crippen LogP contribution in [0.2, 0.25) is 0 Å². The maximum atomic E-state index is 13.4. The van der Waals surface area contributed by atoms with Gasteiger partial charge < -0.3 is 10.4 Å². The number of alkyl halides is 3. The molecular formula is C24H24F3N7O6. The Morgan fingerprint density at radius 1 is 1.10 bits per heavy atom. The molecule has 40 heavy (non-hydrogen) atoms. The van der Waals surface area contributed by atoms with E-state index in [0.29, 0.717) is 4.90 Å². The molecule has 13 nitrogen and oxygen atoms in total. The lowest BCUT2D eigenvalue weighted by Gasteiger charge is -2.23. The first-order valence-electron chi connectivity index (χ1n) is 11.8.